The van der Waals surface area contributed by atoms with Crippen LogP contribution in [-0.4, -0.2) is 12.1 Å². The maximum absolute atomic E-state index is 6.24. The summed E-state index contributed by atoms with van der Waals surface area (Å²) in [6, 6.07) is 11.2. The van der Waals surface area contributed by atoms with E-state index >= 15 is 0 Å². The van der Waals surface area contributed by atoms with E-state index in [1.165, 1.54) is 0 Å². The largest absolute Gasteiger partial charge is 0.494 e. The Bertz CT molecular complexity index is 816. The summed E-state index contributed by atoms with van der Waals surface area (Å²) in [5, 5.41) is 2.58. The van der Waals surface area contributed by atoms with Crippen LogP contribution in [0.4, 0.5) is 5.69 Å². The first kappa shape index (κ1) is 14.5. The van der Waals surface area contributed by atoms with Gasteiger partial charge in [-0.3, -0.25) is 4.98 Å². The third kappa shape index (κ3) is 2.65. The fourth-order valence-corrected chi connectivity index (χ4v) is 2.57. The van der Waals surface area contributed by atoms with E-state index in [1.807, 2.05) is 24.3 Å². The Morgan fingerprint density at radius 2 is 2.05 bits per heavy atom. The summed E-state index contributed by atoms with van der Waals surface area (Å²) in [6.45, 7) is 0.272. The third-order valence-corrected chi connectivity index (χ3v) is 3.80. The predicted molar refractivity (Wildman–Crippen MR) is 88.5 cm³/mol. The standard InChI is InChI=1S/C17H15ClN2O2/c1-21-17-13(14(18)5-6-15(17)19)10-22-16-4-2-3-11-9-20-8-7-12(11)16/h2-9H,10,19H2,1H3. The van der Waals surface area contributed by atoms with Crippen LogP contribution in [0.1, 0.15) is 5.56 Å². The number of methoxy groups -OCH3 is 1. The first-order valence-electron chi connectivity index (χ1n) is 6.77. The van der Waals surface area contributed by atoms with E-state index < -0.39 is 0 Å². The predicted octanol–water partition coefficient (Wildman–Crippen LogP) is 4.06. The number of nitrogens with two attached hydrogens (primary N) is 1. The van der Waals surface area contributed by atoms with Crippen LogP contribution < -0.4 is 15.2 Å². The molecule has 0 bridgehead atoms. The van der Waals surface area contributed by atoms with Crippen LogP contribution in [0.2, 0.25) is 5.02 Å². The van der Waals surface area contributed by atoms with Gasteiger partial charge in [0.2, 0.25) is 0 Å². The van der Waals surface area contributed by atoms with Gasteiger partial charge >= 0.3 is 0 Å². The Morgan fingerprint density at radius 3 is 2.86 bits per heavy atom. The molecule has 112 valence electrons. The van der Waals surface area contributed by atoms with Gasteiger partial charge in [0.25, 0.3) is 0 Å². The van der Waals surface area contributed by atoms with Crippen molar-refractivity contribution < 1.29 is 9.47 Å². The SMILES string of the molecule is COc1c(N)ccc(Cl)c1COc1cccc2cnccc12. The van der Waals surface area contributed by atoms with E-state index in [1.54, 1.807) is 31.6 Å². The summed E-state index contributed by atoms with van der Waals surface area (Å²) in [5.74, 6) is 1.31. The Morgan fingerprint density at radius 1 is 1.18 bits per heavy atom. The molecule has 0 amide bonds. The molecule has 0 atom stereocenters. The minimum atomic E-state index is 0.272. The molecule has 4 nitrogen and oxygen atoms in total. The van der Waals surface area contributed by atoms with E-state index in [2.05, 4.69) is 4.98 Å². The fourth-order valence-electron chi connectivity index (χ4n) is 2.37. The lowest BCUT2D eigenvalue weighted by Crippen LogP contribution is -2.03. The third-order valence-electron chi connectivity index (χ3n) is 3.45. The lowest BCUT2D eigenvalue weighted by atomic mass is 10.1. The molecular formula is C17H15ClN2O2. The number of hydrogen-bond donors (Lipinski definition) is 1. The van der Waals surface area contributed by atoms with Crippen molar-refractivity contribution in [3.63, 3.8) is 0 Å². The second-order valence-corrected chi connectivity index (χ2v) is 5.20. The highest BCUT2D eigenvalue weighted by molar-refractivity contribution is 6.31. The van der Waals surface area contributed by atoms with Crippen molar-refractivity contribution in [1.82, 2.24) is 4.98 Å². The van der Waals surface area contributed by atoms with Crippen molar-refractivity contribution in [3.8, 4) is 11.5 Å². The average Bonchev–Trinajstić information content (AvgIpc) is 2.55. The number of halogens is 1. The number of ether oxygens (including phenoxy) is 2. The molecule has 3 rings (SSSR count). The van der Waals surface area contributed by atoms with Crippen molar-refractivity contribution >= 4 is 28.1 Å². The summed E-state index contributed by atoms with van der Waals surface area (Å²) in [6.07, 6.45) is 3.54. The number of nitrogens with zero attached hydrogens (tertiary/aromatic N) is 1. The molecule has 0 spiro atoms. The molecule has 0 saturated heterocycles. The normalized spacial score (nSPS) is 10.6. The van der Waals surface area contributed by atoms with Crippen LogP contribution >= 0.6 is 11.6 Å². The van der Waals surface area contributed by atoms with Gasteiger partial charge in [-0.05, 0) is 24.3 Å². The van der Waals surface area contributed by atoms with E-state index in [0.717, 1.165) is 22.1 Å². The lowest BCUT2D eigenvalue weighted by Gasteiger charge is -2.14. The Kier molecular flexibility index (Phi) is 4.02. The molecule has 0 fully saturated rings. The monoisotopic (exact) mass is 314 g/mol. The number of fused-ring (bicyclic) bond motifs is 1. The Labute approximate surface area is 133 Å². The zero-order chi connectivity index (χ0) is 15.5. The molecule has 0 aliphatic carbocycles. The molecule has 2 aromatic carbocycles. The van der Waals surface area contributed by atoms with Gasteiger partial charge in [-0.1, -0.05) is 23.7 Å². The molecule has 22 heavy (non-hydrogen) atoms. The van der Waals surface area contributed by atoms with Gasteiger partial charge in [0, 0.05) is 23.2 Å². The van der Waals surface area contributed by atoms with E-state index in [-0.39, 0.29) is 6.61 Å². The van der Waals surface area contributed by atoms with Gasteiger partial charge < -0.3 is 15.2 Å². The highest BCUT2D eigenvalue weighted by atomic mass is 35.5. The highest BCUT2D eigenvalue weighted by Crippen LogP contribution is 2.34. The van der Waals surface area contributed by atoms with Crippen LogP contribution in [0.3, 0.4) is 0 Å². The van der Waals surface area contributed by atoms with Crippen LogP contribution in [-0.2, 0) is 6.61 Å². The second kappa shape index (κ2) is 6.12. The molecule has 0 aliphatic heterocycles. The van der Waals surface area contributed by atoms with E-state index in [9.17, 15) is 0 Å². The minimum absolute atomic E-state index is 0.272. The smallest absolute Gasteiger partial charge is 0.149 e. The molecule has 0 unspecified atom stereocenters. The first-order chi connectivity index (χ1) is 10.7. The summed E-state index contributed by atoms with van der Waals surface area (Å²) in [7, 11) is 1.56. The number of pyridine rings is 1. The highest BCUT2D eigenvalue weighted by Gasteiger charge is 2.13. The van der Waals surface area contributed by atoms with Crippen molar-refractivity contribution in [1.29, 1.82) is 0 Å². The number of rotatable bonds is 4. The zero-order valence-corrected chi connectivity index (χ0v) is 12.8. The van der Waals surface area contributed by atoms with Gasteiger partial charge in [-0.25, -0.2) is 0 Å². The van der Waals surface area contributed by atoms with Crippen molar-refractivity contribution in [2.75, 3.05) is 12.8 Å². The van der Waals surface area contributed by atoms with Crippen LogP contribution in [0, 0.1) is 0 Å². The zero-order valence-electron chi connectivity index (χ0n) is 12.0. The maximum atomic E-state index is 6.24. The van der Waals surface area contributed by atoms with Crippen LogP contribution in [0.25, 0.3) is 10.8 Å². The lowest BCUT2D eigenvalue weighted by molar-refractivity contribution is 0.300. The van der Waals surface area contributed by atoms with Gasteiger partial charge in [0.05, 0.1) is 23.4 Å². The molecule has 3 aromatic rings. The van der Waals surface area contributed by atoms with Gasteiger partial charge in [-0.15, -0.1) is 0 Å². The molecule has 0 saturated carbocycles. The summed E-state index contributed by atoms with van der Waals surface area (Å²) < 4.78 is 11.3. The van der Waals surface area contributed by atoms with Crippen LogP contribution in [0.5, 0.6) is 11.5 Å². The summed E-state index contributed by atoms with van der Waals surface area (Å²) in [4.78, 5) is 4.11. The molecule has 2 N–H and O–H groups in total. The molecule has 1 heterocycles. The fraction of sp³-hybridized carbons (Fsp3) is 0.118. The molecular weight excluding hydrogens is 300 g/mol. The number of anilines is 1. The van der Waals surface area contributed by atoms with E-state index in [0.29, 0.717) is 16.5 Å². The van der Waals surface area contributed by atoms with E-state index in [4.69, 9.17) is 26.8 Å². The summed E-state index contributed by atoms with van der Waals surface area (Å²) in [5.41, 5.74) is 7.18. The minimum Gasteiger partial charge on any atom is -0.494 e. The quantitative estimate of drug-likeness (QED) is 0.738. The van der Waals surface area contributed by atoms with Crippen molar-refractivity contribution in [2.24, 2.45) is 0 Å². The molecule has 0 aliphatic rings. The van der Waals surface area contributed by atoms with Crippen LogP contribution in [0.15, 0.2) is 48.8 Å². The average molecular weight is 315 g/mol. The topological polar surface area (TPSA) is 57.4 Å². The molecule has 5 heteroatoms. The maximum Gasteiger partial charge on any atom is 0.149 e. The molecule has 1 aromatic heterocycles. The summed E-state index contributed by atoms with van der Waals surface area (Å²) >= 11 is 6.24. The second-order valence-electron chi connectivity index (χ2n) is 4.79. The Hall–Kier alpha value is -2.46. The van der Waals surface area contributed by atoms with Crippen molar-refractivity contribution in [3.05, 3.63) is 59.4 Å². The number of aromatic nitrogens is 1. The first-order valence-corrected chi connectivity index (χ1v) is 7.15. The number of hydrogen-bond acceptors (Lipinski definition) is 4. The molecule has 0 radical (unpaired) electrons. The number of benzene rings is 2. The van der Waals surface area contributed by atoms with Crippen molar-refractivity contribution in [2.45, 2.75) is 6.61 Å². The van der Waals surface area contributed by atoms with Gasteiger partial charge in [-0.2, -0.15) is 0 Å². The Balaban J connectivity index is 1.94. The van der Waals surface area contributed by atoms with Gasteiger partial charge in [0.15, 0.2) is 0 Å². The van der Waals surface area contributed by atoms with Gasteiger partial charge in [0.1, 0.15) is 18.1 Å². The number of nitrogen functional groups attached to an aromatic ring is 1.